The minimum absolute atomic E-state index is 0.110. The van der Waals surface area contributed by atoms with Crippen LogP contribution in [-0.4, -0.2) is 23.9 Å². The van der Waals surface area contributed by atoms with Crippen LogP contribution in [0.15, 0.2) is 0 Å². The van der Waals surface area contributed by atoms with Gasteiger partial charge in [0, 0.05) is 6.61 Å². The molecule has 1 N–H and O–H groups in total. The van der Waals surface area contributed by atoms with Crippen LogP contribution in [0.4, 0.5) is 0 Å². The molecule has 0 saturated heterocycles. The zero-order valence-corrected chi connectivity index (χ0v) is 11.9. The average Bonchev–Trinajstić information content (AvgIpc) is 2.46. The van der Waals surface area contributed by atoms with Gasteiger partial charge in [-0.3, -0.25) is 0 Å². The van der Waals surface area contributed by atoms with Gasteiger partial charge in [0.25, 0.3) is 0 Å². The fourth-order valence-corrected chi connectivity index (χ4v) is 3.91. The third-order valence-electron chi connectivity index (χ3n) is 4.94. The lowest BCUT2D eigenvalue weighted by Gasteiger charge is -2.37. The van der Waals surface area contributed by atoms with E-state index in [1.165, 1.54) is 64.2 Å². The van der Waals surface area contributed by atoms with Gasteiger partial charge >= 0.3 is 0 Å². The Morgan fingerprint density at radius 2 is 1.39 bits per heavy atom. The summed E-state index contributed by atoms with van der Waals surface area (Å²) in [5.74, 6) is 1.10. The van der Waals surface area contributed by atoms with Gasteiger partial charge in [0.1, 0.15) is 0 Å². The number of hydrogen-bond donors (Lipinski definition) is 1. The zero-order chi connectivity index (χ0) is 12.8. The maximum Gasteiger partial charge on any atom is 0.0864 e. The molecular weight excluding hydrogens is 224 g/mol. The van der Waals surface area contributed by atoms with E-state index >= 15 is 0 Å². The Bertz CT molecular complexity index is 217. The normalized spacial score (nSPS) is 27.0. The van der Waals surface area contributed by atoms with Gasteiger partial charge in [0.2, 0.25) is 0 Å². The van der Waals surface area contributed by atoms with Gasteiger partial charge in [-0.2, -0.15) is 0 Å². The third-order valence-corrected chi connectivity index (χ3v) is 4.94. The lowest BCUT2D eigenvalue weighted by Crippen LogP contribution is -2.42. The first-order chi connectivity index (χ1) is 8.83. The smallest absolute Gasteiger partial charge is 0.0864 e. The highest BCUT2D eigenvalue weighted by Gasteiger charge is 2.35. The van der Waals surface area contributed by atoms with Crippen molar-refractivity contribution in [2.24, 2.45) is 11.8 Å². The van der Waals surface area contributed by atoms with Crippen LogP contribution in [0.5, 0.6) is 0 Å². The third kappa shape index (κ3) is 3.71. The Morgan fingerprint density at radius 1 is 0.889 bits per heavy atom. The standard InChI is InChI=1S/C16H30O2/c1-2-18-16(14-11-7-4-8-12-14)15(17)13-9-5-3-6-10-13/h13-17H,2-12H2,1H3. The minimum Gasteiger partial charge on any atom is -0.390 e. The van der Waals surface area contributed by atoms with Gasteiger partial charge in [-0.25, -0.2) is 0 Å². The summed E-state index contributed by atoms with van der Waals surface area (Å²) in [5.41, 5.74) is 0. The SMILES string of the molecule is CCOC(C1CCCCC1)C(O)C1CCCCC1. The summed E-state index contributed by atoms with van der Waals surface area (Å²) >= 11 is 0. The highest BCUT2D eigenvalue weighted by molar-refractivity contribution is 4.85. The lowest BCUT2D eigenvalue weighted by atomic mass is 9.76. The Balaban J connectivity index is 1.93. The first kappa shape index (κ1) is 14.3. The monoisotopic (exact) mass is 254 g/mol. The molecule has 0 bridgehead atoms. The molecule has 2 saturated carbocycles. The molecule has 106 valence electrons. The predicted molar refractivity (Wildman–Crippen MR) is 74.6 cm³/mol. The van der Waals surface area contributed by atoms with Crippen LogP contribution in [0.2, 0.25) is 0 Å². The second-order valence-electron chi connectivity index (χ2n) is 6.21. The number of ether oxygens (including phenoxy) is 1. The van der Waals surface area contributed by atoms with Crippen molar-refractivity contribution in [3.63, 3.8) is 0 Å². The number of rotatable bonds is 5. The highest BCUT2D eigenvalue weighted by atomic mass is 16.5. The van der Waals surface area contributed by atoms with Crippen molar-refractivity contribution in [2.75, 3.05) is 6.61 Å². The van der Waals surface area contributed by atoms with Crippen LogP contribution in [0, 0.1) is 11.8 Å². The van der Waals surface area contributed by atoms with Crippen molar-refractivity contribution in [1.82, 2.24) is 0 Å². The molecule has 2 fully saturated rings. The number of hydrogen-bond acceptors (Lipinski definition) is 2. The molecule has 0 aromatic heterocycles. The summed E-state index contributed by atoms with van der Waals surface area (Å²) in [7, 11) is 0. The molecular formula is C16H30O2. The molecule has 2 heteroatoms. The van der Waals surface area contributed by atoms with Crippen molar-refractivity contribution in [2.45, 2.75) is 83.3 Å². The fourth-order valence-electron chi connectivity index (χ4n) is 3.91. The Morgan fingerprint density at radius 3 is 1.89 bits per heavy atom. The number of aliphatic hydroxyl groups excluding tert-OH is 1. The molecule has 2 aliphatic carbocycles. The molecule has 0 heterocycles. The van der Waals surface area contributed by atoms with E-state index in [0.29, 0.717) is 11.8 Å². The largest absolute Gasteiger partial charge is 0.390 e. The zero-order valence-electron chi connectivity index (χ0n) is 11.9. The van der Waals surface area contributed by atoms with Gasteiger partial charge in [0.15, 0.2) is 0 Å². The van der Waals surface area contributed by atoms with E-state index in [1.54, 1.807) is 0 Å². The van der Waals surface area contributed by atoms with Crippen LogP contribution in [0.1, 0.15) is 71.1 Å². The molecule has 0 aromatic carbocycles. The van der Waals surface area contributed by atoms with Crippen molar-refractivity contribution in [3.05, 3.63) is 0 Å². The van der Waals surface area contributed by atoms with Crippen LogP contribution in [0.3, 0.4) is 0 Å². The molecule has 0 radical (unpaired) electrons. The number of aliphatic hydroxyl groups is 1. The van der Waals surface area contributed by atoms with E-state index in [4.69, 9.17) is 4.74 Å². The molecule has 2 unspecified atom stereocenters. The van der Waals surface area contributed by atoms with Gasteiger partial charge in [-0.05, 0) is 44.4 Å². The van der Waals surface area contributed by atoms with Crippen molar-refractivity contribution in [3.8, 4) is 0 Å². The quantitative estimate of drug-likeness (QED) is 0.806. The van der Waals surface area contributed by atoms with E-state index in [-0.39, 0.29) is 12.2 Å². The van der Waals surface area contributed by atoms with E-state index < -0.39 is 0 Å². The first-order valence-corrected chi connectivity index (χ1v) is 8.12. The highest BCUT2D eigenvalue weighted by Crippen LogP contribution is 2.35. The molecule has 0 spiro atoms. The molecule has 0 aliphatic heterocycles. The lowest BCUT2D eigenvalue weighted by molar-refractivity contribution is -0.0980. The minimum atomic E-state index is -0.214. The van der Waals surface area contributed by atoms with E-state index in [9.17, 15) is 5.11 Å². The summed E-state index contributed by atoms with van der Waals surface area (Å²) in [6.07, 6.45) is 12.8. The molecule has 2 atom stereocenters. The van der Waals surface area contributed by atoms with E-state index in [1.807, 2.05) is 0 Å². The summed E-state index contributed by atoms with van der Waals surface area (Å²) in [5, 5.41) is 10.7. The first-order valence-electron chi connectivity index (χ1n) is 8.12. The summed E-state index contributed by atoms with van der Waals surface area (Å²) < 4.78 is 5.95. The molecule has 0 aromatic rings. The van der Waals surface area contributed by atoms with Crippen LogP contribution in [-0.2, 0) is 4.74 Å². The van der Waals surface area contributed by atoms with Crippen LogP contribution >= 0.6 is 0 Å². The maximum absolute atomic E-state index is 10.7. The molecule has 18 heavy (non-hydrogen) atoms. The Hall–Kier alpha value is -0.0800. The van der Waals surface area contributed by atoms with E-state index in [2.05, 4.69) is 6.92 Å². The van der Waals surface area contributed by atoms with Gasteiger partial charge in [0.05, 0.1) is 12.2 Å². The molecule has 2 rings (SSSR count). The maximum atomic E-state index is 10.7. The van der Waals surface area contributed by atoms with Crippen molar-refractivity contribution in [1.29, 1.82) is 0 Å². The van der Waals surface area contributed by atoms with Crippen molar-refractivity contribution >= 4 is 0 Å². The van der Waals surface area contributed by atoms with Crippen LogP contribution in [0.25, 0.3) is 0 Å². The molecule has 2 aliphatic rings. The second kappa shape index (κ2) is 7.49. The summed E-state index contributed by atoms with van der Waals surface area (Å²) in [4.78, 5) is 0. The van der Waals surface area contributed by atoms with Gasteiger partial charge in [-0.1, -0.05) is 38.5 Å². The van der Waals surface area contributed by atoms with Crippen molar-refractivity contribution < 1.29 is 9.84 Å². The topological polar surface area (TPSA) is 29.5 Å². The van der Waals surface area contributed by atoms with Gasteiger partial charge < -0.3 is 9.84 Å². The Kier molecular flexibility index (Phi) is 5.97. The van der Waals surface area contributed by atoms with E-state index in [0.717, 1.165) is 6.61 Å². The Labute approximate surface area is 112 Å². The fraction of sp³-hybridized carbons (Fsp3) is 1.00. The average molecular weight is 254 g/mol. The molecule has 2 nitrogen and oxygen atoms in total. The molecule has 0 amide bonds. The summed E-state index contributed by atoms with van der Waals surface area (Å²) in [6, 6.07) is 0. The summed E-state index contributed by atoms with van der Waals surface area (Å²) in [6.45, 7) is 2.80. The van der Waals surface area contributed by atoms with Gasteiger partial charge in [-0.15, -0.1) is 0 Å². The predicted octanol–water partition coefficient (Wildman–Crippen LogP) is 3.91. The van der Waals surface area contributed by atoms with Crippen LogP contribution < -0.4 is 0 Å². The second-order valence-corrected chi connectivity index (χ2v) is 6.21.